The van der Waals surface area contributed by atoms with Crippen LogP contribution in [0, 0.1) is 0 Å². The first-order chi connectivity index (χ1) is 11.7. The van der Waals surface area contributed by atoms with Crippen LogP contribution >= 0.6 is 11.3 Å². The molecule has 1 aromatic carbocycles. The van der Waals surface area contributed by atoms with Gasteiger partial charge in [0.25, 0.3) is 5.91 Å². The summed E-state index contributed by atoms with van der Waals surface area (Å²) in [5, 5.41) is 7.99. The van der Waals surface area contributed by atoms with E-state index in [1.54, 1.807) is 25.4 Å². The van der Waals surface area contributed by atoms with Gasteiger partial charge in [-0.15, -0.1) is 11.3 Å². The van der Waals surface area contributed by atoms with Crippen molar-refractivity contribution in [1.82, 2.24) is 10.3 Å². The molecule has 2 heterocycles. The quantitative estimate of drug-likeness (QED) is 0.748. The van der Waals surface area contributed by atoms with Crippen molar-refractivity contribution in [3.8, 4) is 5.75 Å². The zero-order valence-corrected chi connectivity index (χ0v) is 13.7. The molecule has 0 aliphatic rings. The van der Waals surface area contributed by atoms with Crippen molar-refractivity contribution in [2.75, 3.05) is 19.0 Å². The molecule has 0 fully saturated rings. The van der Waals surface area contributed by atoms with Gasteiger partial charge in [0.1, 0.15) is 5.75 Å². The molecule has 0 radical (unpaired) electrons. The van der Waals surface area contributed by atoms with Gasteiger partial charge in [-0.3, -0.25) is 14.6 Å². The monoisotopic (exact) mass is 341 g/mol. The normalized spacial score (nSPS) is 10.4. The Kier molecular flexibility index (Phi) is 4.72. The number of carbonyl (C=O) groups is 2. The first kappa shape index (κ1) is 15.9. The summed E-state index contributed by atoms with van der Waals surface area (Å²) in [7, 11) is 1.60. The Labute approximate surface area is 142 Å². The van der Waals surface area contributed by atoms with E-state index in [1.807, 2.05) is 29.6 Å². The second kappa shape index (κ2) is 7.10. The Hall–Kier alpha value is -2.93. The van der Waals surface area contributed by atoms with Gasteiger partial charge in [-0.2, -0.15) is 0 Å². The van der Waals surface area contributed by atoms with E-state index in [2.05, 4.69) is 15.6 Å². The molecule has 3 rings (SSSR count). The van der Waals surface area contributed by atoms with Crippen LogP contribution in [0.4, 0.5) is 5.69 Å². The molecule has 2 amide bonds. The SMILES string of the molecule is COc1ccc2cc(NC(=O)CNC(=O)c3cccs3)cnc2c1. The number of hydrogen-bond donors (Lipinski definition) is 2. The lowest BCUT2D eigenvalue weighted by molar-refractivity contribution is -0.115. The molecule has 0 aliphatic heterocycles. The van der Waals surface area contributed by atoms with Crippen molar-refractivity contribution in [3.63, 3.8) is 0 Å². The van der Waals surface area contributed by atoms with E-state index in [4.69, 9.17) is 4.74 Å². The smallest absolute Gasteiger partial charge is 0.261 e. The second-order valence-corrected chi connectivity index (χ2v) is 5.94. The van der Waals surface area contributed by atoms with Gasteiger partial charge in [0.2, 0.25) is 5.91 Å². The highest BCUT2D eigenvalue weighted by Gasteiger charge is 2.09. The number of pyridine rings is 1. The summed E-state index contributed by atoms with van der Waals surface area (Å²) in [5.74, 6) is 0.154. The summed E-state index contributed by atoms with van der Waals surface area (Å²) in [5.41, 5.74) is 1.35. The number of benzene rings is 1. The number of carbonyl (C=O) groups excluding carboxylic acids is 2. The maximum absolute atomic E-state index is 12.0. The molecule has 24 heavy (non-hydrogen) atoms. The van der Waals surface area contributed by atoms with Crippen molar-refractivity contribution in [1.29, 1.82) is 0 Å². The molecule has 7 heteroatoms. The minimum atomic E-state index is -0.311. The first-order valence-electron chi connectivity index (χ1n) is 7.21. The first-order valence-corrected chi connectivity index (χ1v) is 8.09. The van der Waals surface area contributed by atoms with Crippen molar-refractivity contribution in [2.24, 2.45) is 0 Å². The zero-order chi connectivity index (χ0) is 16.9. The molecule has 0 unspecified atom stereocenters. The maximum Gasteiger partial charge on any atom is 0.261 e. The molecule has 0 spiro atoms. The Bertz CT molecular complexity index is 878. The molecule has 6 nitrogen and oxygen atoms in total. The molecule has 2 aromatic heterocycles. The summed E-state index contributed by atoms with van der Waals surface area (Å²) in [6.45, 7) is -0.0998. The largest absolute Gasteiger partial charge is 0.497 e. The number of thiophene rings is 1. The van der Waals surface area contributed by atoms with Crippen LogP contribution in [0.15, 0.2) is 48.0 Å². The van der Waals surface area contributed by atoms with Gasteiger partial charge in [0, 0.05) is 11.5 Å². The molecule has 0 aliphatic carbocycles. The summed E-state index contributed by atoms with van der Waals surface area (Å²) < 4.78 is 5.15. The lowest BCUT2D eigenvalue weighted by atomic mass is 10.2. The van der Waals surface area contributed by atoms with Crippen LogP contribution in [-0.2, 0) is 4.79 Å². The molecule has 0 saturated carbocycles. The van der Waals surface area contributed by atoms with Crippen LogP contribution in [0.5, 0.6) is 5.75 Å². The second-order valence-electron chi connectivity index (χ2n) is 4.99. The molecular weight excluding hydrogens is 326 g/mol. The number of nitrogens with one attached hydrogen (secondary N) is 2. The van der Waals surface area contributed by atoms with Crippen LogP contribution in [0.25, 0.3) is 10.9 Å². The van der Waals surface area contributed by atoms with Crippen LogP contribution in [0.2, 0.25) is 0 Å². The summed E-state index contributed by atoms with van der Waals surface area (Å²) >= 11 is 1.33. The van der Waals surface area contributed by atoms with Crippen LogP contribution in [0.3, 0.4) is 0 Å². The number of aromatic nitrogens is 1. The third-order valence-electron chi connectivity index (χ3n) is 3.33. The number of anilines is 1. The third-order valence-corrected chi connectivity index (χ3v) is 4.20. The number of methoxy groups -OCH3 is 1. The number of rotatable bonds is 5. The van der Waals surface area contributed by atoms with Crippen LogP contribution in [-0.4, -0.2) is 30.5 Å². The van der Waals surface area contributed by atoms with E-state index < -0.39 is 0 Å². The highest BCUT2D eigenvalue weighted by Crippen LogP contribution is 2.21. The third kappa shape index (κ3) is 3.69. The molecule has 122 valence electrons. The van der Waals surface area contributed by atoms with Gasteiger partial charge in [0.05, 0.1) is 35.9 Å². The molecule has 0 bridgehead atoms. The molecule has 0 saturated heterocycles. The Morgan fingerprint density at radius 3 is 2.88 bits per heavy atom. The number of amides is 2. The van der Waals surface area contributed by atoms with Crippen molar-refractivity contribution in [2.45, 2.75) is 0 Å². The topological polar surface area (TPSA) is 80.3 Å². The van der Waals surface area contributed by atoms with E-state index in [1.165, 1.54) is 11.3 Å². The number of hydrogen-bond acceptors (Lipinski definition) is 5. The van der Waals surface area contributed by atoms with Gasteiger partial charge < -0.3 is 15.4 Å². The van der Waals surface area contributed by atoms with E-state index in [-0.39, 0.29) is 18.4 Å². The standard InChI is InChI=1S/C17H15N3O3S/c1-23-13-5-4-11-7-12(9-18-14(11)8-13)20-16(21)10-19-17(22)15-3-2-6-24-15/h2-9H,10H2,1H3,(H,19,22)(H,20,21). The van der Waals surface area contributed by atoms with Gasteiger partial charge in [-0.05, 0) is 29.6 Å². The highest BCUT2D eigenvalue weighted by atomic mass is 32.1. The van der Waals surface area contributed by atoms with Crippen molar-refractivity contribution in [3.05, 3.63) is 52.9 Å². The van der Waals surface area contributed by atoms with Gasteiger partial charge in [0.15, 0.2) is 0 Å². The molecule has 2 N–H and O–H groups in total. The summed E-state index contributed by atoms with van der Waals surface area (Å²) in [6.07, 6.45) is 1.57. The van der Waals surface area contributed by atoms with Gasteiger partial charge >= 0.3 is 0 Å². The number of nitrogens with zero attached hydrogens (tertiary/aromatic N) is 1. The number of fused-ring (bicyclic) bond motifs is 1. The van der Waals surface area contributed by atoms with Gasteiger partial charge in [-0.1, -0.05) is 6.07 Å². The molecule has 0 atom stereocenters. The maximum atomic E-state index is 12.0. The van der Waals surface area contributed by atoms with E-state index in [9.17, 15) is 9.59 Å². The summed E-state index contributed by atoms with van der Waals surface area (Å²) in [4.78, 5) is 28.6. The van der Waals surface area contributed by atoms with Crippen LogP contribution in [0.1, 0.15) is 9.67 Å². The lowest BCUT2D eigenvalue weighted by Crippen LogP contribution is -2.32. The number of ether oxygens (including phenoxy) is 1. The Balaban J connectivity index is 1.61. The zero-order valence-electron chi connectivity index (χ0n) is 12.9. The lowest BCUT2D eigenvalue weighted by Gasteiger charge is -2.08. The van der Waals surface area contributed by atoms with Crippen molar-refractivity contribution < 1.29 is 14.3 Å². The van der Waals surface area contributed by atoms with E-state index in [0.29, 0.717) is 10.6 Å². The minimum Gasteiger partial charge on any atom is -0.497 e. The van der Waals surface area contributed by atoms with Crippen molar-refractivity contribution >= 4 is 39.7 Å². The van der Waals surface area contributed by atoms with E-state index >= 15 is 0 Å². The summed E-state index contributed by atoms with van der Waals surface area (Å²) in [6, 6.07) is 10.8. The fourth-order valence-corrected chi connectivity index (χ4v) is 2.80. The molecule has 3 aromatic rings. The highest BCUT2D eigenvalue weighted by molar-refractivity contribution is 7.12. The van der Waals surface area contributed by atoms with Gasteiger partial charge in [-0.25, -0.2) is 0 Å². The average Bonchev–Trinajstić information content (AvgIpc) is 3.14. The Morgan fingerprint density at radius 1 is 1.25 bits per heavy atom. The molecular formula is C17H15N3O3S. The Morgan fingerprint density at radius 2 is 2.12 bits per heavy atom. The van der Waals surface area contributed by atoms with Crippen LogP contribution < -0.4 is 15.4 Å². The predicted molar refractivity (Wildman–Crippen MR) is 93.6 cm³/mol. The fourth-order valence-electron chi connectivity index (χ4n) is 2.16. The predicted octanol–water partition coefficient (Wildman–Crippen LogP) is 2.67. The minimum absolute atomic E-state index is 0.0998. The fraction of sp³-hybridized carbons (Fsp3) is 0.118. The van der Waals surface area contributed by atoms with E-state index in [0.717, 1.165) is 16.7 Å². The average molecular weight is 341 g/mol.